The summed E-state index contributed by atoms with van der Waals surface area (Å²) in [4.78, 5) is 2.17. The van der Waals surface area contributed by atoms with E-state index in [2.05, 4.69) is 39.8 Å². The van der Waals surface area contributed by atoms with Crippen molar-refractivity contribution in [1.82, 2.24) is 4.90 Å². The zero-order valence-electron chi connectivity index (χ0n) is 13.3. The van der Waals surface area contributed by atoms with Crippen LogP contribution in [-0.4, -0.2) is 57.0 Å². The van der Waals surface area contributed by atoms with Crippen molar-refractivity contribution < 1.29 is 14.3 Å². The molecule has 1 heterocycles. The van der Waals surface area contributed by atoms with E-state index in [-0.39, 0.29) is 18.2 Å². The molecule has 1 N–H and O–H groups in total. The van der Waals surface area contributed by atoms with Crippen LogP contribution < -0.4 is 0 Å². The van der Waals surface area contributed by atoms with E-state index < -0.39 is 14.6 Å². The number of likely N-dealkylation sites (N-methyl/N-ethyl adjacent to an activating group) is 1. The Morgan fingerprint density at radius 1 is 1.21 bits per heavy atom. The molecule has 0 saturated carbocycles. The molecular weight excluding hydrogens is 258 g/mol. The highest BCUT2D eigenvalue weighted by Crippen LogP contribution is 2.31. The minimum absolute atomic E-state index is 0.000943. The number of aliphatic hydroxyl groups is 1. The Bertz CT molecular complexity index is 263. The quantitative estimate of drug-likeness (QED) is 0.763. The molecular formula is C14H31NO3Si. The molecule has 0 aromatic rings. The summed E-state index contributed by atoms with van der Waals surface area (Å²) in [7, 11) is 2.48. The molecule has 1 fully saturated rings. The van der Waals surface area contributed by atoms with Crippen LogP contribution in [0.5, 0.6) is 0 Å². The van der Waals surface area contributed by atoms with Crippen molar-refractivity contribution in [2.45, 2.75) is 76.8 Å². The highest BCUT2D eigenvalue weighted by Gasteiger charge is 2.42. The third-order valence-corrected chi connectivity index (χ3v) is 9.27. The topological polar surface area (TPSA) is 41.9 Å². The average Bonchev–Trinajstić information content (AvgIpc) is 2.34. The van der Waals surface area contributed by atoms with Gasteiger partial charge < -0.3 is 19.2 Å². The maximum absolute atomic E-state index is 9.86. The van der Waals surface area contributed by atoms with Gasteiger partial charge in [0.05, 0.1) is 18.2 Å². The van der Waals surface area contributed by atoms with Gasteiger partial charge in [-0.25, -0.2) is 0 Å². The summed E-state index contributed by atoms with van der Waals surface area (Å²) in [5, 5.41) is 9.86. The van der Waals surface area contributed by atoms with E-state index in [9.17, 15) is 5.11 Å². The molecule has 5 heteroatoms. The van der Waals surface area contributed by atoms with E-state index in [4.69, 9.17) is 9.16 Å². The normalized spacial score (nSPS) is 32.8. The van der Waals surface area contributed by atoms with Crippen LogP contribution >= 0.6 is 0 Å². The maximum atomic E-state index is 9.86. The molecule has 1 rings (SSSR count). The van der Waals surface area contributed by atoms with Gasteiger partial charge in [0.1, 0.15) is 0 Å². The van der Waals surface area contributed by atoms with E-state index >= 15 is 0 Å². The second kappa shape index (κ2) is 7.18. The smallest absolute Gasteiger partial charge is 0.192 e. The fourth-order valence-electron chi connectivity index (χ4n) is 3.22. The Morgan fingerprint density at radius 2 is 1.74 bits per heavy atom. The largest absolute Gasteiger partial charge is 0.412 e. The predicted octanol–water partition coefficient (Wildman–Crippen LogP) is 2.43. The van der Waals surface area contributed by atoms with Gasteiger partial charge in [-0.05, 0) is 39.2 Å². The molecule has 4 nitrogen and oxygen atoms in total. The first kappa shape index (κ1) is 17.1. The van der Waals surface area contributed by atoms with Crippen molar-refractivity contribution in [3.8, 4) is 0 Å². The fourth-order valence-corrected chi connectivity index (χ4v) is 6.09. The van der Waals surface area contributed by atoms with Crippen molar-refractivity contribution >= 4 is 8.32 Å². The Labute approximate surface area is 119 Å². The van der Waals surface area contributed by atoms with Crippen LogP contribution in [0.1, 0.15) is 34.1 Å². The van der Waals surface area contributed by atoms with Crippen LogP contribution in [0.15, 0.2) is 0 Å². The third kappa shape index (κ3) is 4.01. The van der Waals surface area contributed by atoms with Crippen LogP contribution in [0.3, 0.4) is 0 Å². The monoisotopic (exact) mass is 289 g/mol. The number of hydrogen-bond donors (Lipinski definition) is 1. The van der Waals surface area contributed by atoms with Gasteiger partial charge >= 0.3 is 0 Å². The highest BCUT2D eigenvalue weighted by molar-refractivity contribution is 6.73. The second-order valence-corrected chi connectivity index (χ2v) is 10.6. The first-order valence-corrected chi connectivity index (χ1v) is 10.1. The van der Waals surface area contributed by atoms with Crippen molar-refractivity contribution in [1.29, 1.82) is 0 Å². The first-order valence-electron chi connectivity index (χ1n) is 7.56. The highest BCUT2D eigenvalue weighted by atomic mass is 28.4. The number of ether oxygens (including phenoxy) is 1. The zero-order chi connectivity index (χ0) is 14.6. The van der Waals surface area contributed by atoms with Crippen molar-refractivity contribution in [3.63, 3.8) is 0 Å². The lowest BCUT2D eigenvalue weighted by atomic mass is 9.99. The van der Waals surface area contributed by atoms with E-state index in [0.29, 0.717) is 6.42 Å². The van der Waals surface area contributed by atoms with Crippen LogP contribution in [0.2, 0.25) is 18.1 Å². The zero-order valence-corrected chi connectivity index (χ0v) is 14.3. The van der Waals surface area contributed by atoms with Gasteiger partial charge in [0.15, 0.2) is 14.6 Å². The van der Waals surface area contributed by atoms with Gasteiger partial charge in [0, 0.05) is 6.42 Å². The molecule has 114 valence electrons. The van der Waals surface area contributed by atoms with Gasteiger partial charge in [0.2, 0.25) is 0 Å². The molecule has 0 aromatic heterocycles. The molecule has 0 unspecified atom stereocenters. The Morgan fingerprint density at radius 3 is 2.16 bits per heavy atom. The standard InChI is InChI=1S/C14H31NO3Si/c1-7-19(8-2,9-3)18-12-10-13(16)17-11(4)14(12)15(5)6/h11-14,16H,7-10H2,1-6H3/t11-,12-,13+,14+/m0/s1. The lowest BCUT2D eigenvalue weighted by Gasteiger charge is -2.45. The lowest BCUT2D eigenvalue weighted by Crippen LogP contribution is -2.58. The van der Waals surface area contributed by atoms with Crippen molar-refractivity contribution in [3.05, 3.63) is 0 Å². The first-order chi connectivity index (χ1) is 8.89. The van der Waals surface area contributed by atoms with Gasteiger partial charge in [-0.1, -0.05) is 20.8 Å². The molecule has 0 bridgehead atoms. The Kier molecular flexibility index (Phi) is 6.46. The van der Waals surface area contributed by atoms with Crippen LogP contribution in [0.25, 0.3) is 0 Å². The van der Waals surface area contributed by atoms with Gasteiger partial charge in [-0.3, -0.25) is 0 Å². The van der Waals surface area contributed by atoms with Crippen LogP contribution in [0, 0.1) is 0 Å². The van der Waals surface area contributed by atoms with E-state index in [1.54, 1.807) is 0 Å². The maximum Gasteiger partial charge on any atom is 0.192 e. The van der Waals surface area contributed by atoms with Gasteiger partial charge in [-0.15, -0.1) is 0 Å². The molecule has 0 aromatic carbocycles. The molecule has 1 saturated heterocycles. The molecule has 0 amide bonds. The van der Waals surface area contributed by atoms with Gasteiger partial charge in [0.25, 0.3) is 0 Å². The molecule has 0 spiro atoms. The number of hydrogen-bond acceptors (Lipinski definition) is 4. The fraction of sp³-hybridized carbons (Fsp3) is 1.00. The van der Waals surface area contributed by atoms with E-state index in [0.717, 1.165) is 18.1 Å². The predicted molar refractivity (Wildman–Crippen MR) is 80.7 cm³/mol. The van der Waals surface area contributed by atoms with Gasteiger partial charge in [-0.2, -0.15) is 0 Å². The molecule has 1 aliphatic rings. The van der Waals surface area contributed by atoms with Crippen molar-refractivity contribution in [2.24, 2.45) is 0 Å². The molecule has 0 radical (unpaired) electrons. The van der Waals surface area contributed by atoms with E-state index in [1.165, 1.54) is 0 Å². The third-order valence-electron chi connectivity index (χ3n) is 4.60. The lowest BCUT2D eigenvalue weighted by molar-refractivity contribution is -0.206. The summed E-state index contributed by atoms with van der Waals surface area (Å²) in [6.45, 7) is 8.74. The van der Waals surface area contributed by atoms with Crippen molar-refractivity contribution in [2.75, 3.05) is 14.1 Å². The summed E-state index contributed by atoms with van der Waals surface area (Å²) >= 11 is 0. The summed E-state index contributed by atoms with van der Waals surface area (Å²) in [5.41, 5.74) is 0. The summed E-state index contributed by atoms with van der Waals surface area (Å²) in [5.74, 6) is 0. The minimum Gasteiger partial charge on any atom is -0.412 e. The Hall–Kier alpha value is 0.0569. The number of nitrogens with zero attached hydrogens (tertiary/aromatic N) is 1. The molecule has 19 heavy (non-hydrogen) atoms. The molecule has 0 aliphatic carbocycles. The van der Waals surface area contributed by atoms with Crippen LogP contribution in [-0.2, 0) is 9.16 Å². The summed E-state index contributed by atoms with van der Waals surface area (Å²) in [6, 6.07) is 3.64. The summed E-state index contributed by atoms with van der Waals surface area (Å²) < 4.78 is 12.2. The number of rotatable bonds is 6. The van der Waals surface area contributed by atoms with E-state index in [1.807, 2.05) is 6.92 Å². The SMILES string of the molecule is CC[Si](CC)(CC)O[C@H]1C[C@H](O)O[C@@H](C)[C@H]1N(C)C. The minimum atomic E-state index is -1.64. The van der Waals surface area contributed by atoms with Crippen LogP contribution in [0.4, 0.5) is 0 Å². The molecule has 1 aliphatic heterocycles. The Balaban J connectivity index is 2.86. The molecule has 4 atom stereocenters. The second-order valence-electron chi connectivity index (χ2n) is 5.89. The number of aliphatic hydroxyl groups excluding tert-OH is 1. The average molecular weight is 289 g/mol. The summed E-state index contributed by atoms with van der Waals surface area (Å²) in [6.07, 6.45) is -0.0168.